The summed E-state index contributed by atoms with van der Waals surface area (Å²) in [6, 6.07) is 1.37. The Morgan fingerprint density at radius 2 is 2.14 bits per heavy atom. The molecule has 1 aromatic heterocycles. The topological polar surface area (TPSA) is 63.6 Å². The first-order valence-corrected chi connectivity index (χ1v) is 6.75. The Kier molecular flexibility index (Phi) is 6.90. The number of carbonyl (C=O) groups excluding carboxylic acids is 1. The molecule has 0 radical (unpaired) electrons. The van der Waals surface area contributed by atoms with Crippen molar-refractivity contribution in [3.63, 3.8) is 0 Å². The Hall–Kier alpha value is -0.300. The number of rotatable bonds is 1. The first-order valence-electron chi connectivity index (χ1n) is 3.07. The third-order valence-corrected chi connectivity index (χ3v) is 1.87. The lowest BCUT2D eigenvalue weighted by molar-refractivity contribution is 0.0606. The van der Waals surface area contributed by atoms with Gasteiger partial charge < -0.3 is 9.84 Å². The molecule has 4 nitrogen and oxygen atoms in total. The molecule has 0 aliphatic rings. The Morgan fingerprint density at radius 3 is 2.43 bits per heavy atom. The van der Waals surface area contributed by atoms with Crippen LogP contribution in [-0.2, 0) is 14.0 Å². The van der Waals surface area contributed by atoms with Crippen LogP contribution in [0.15, 0.2) is 11.4 Å². The van der Waals surface area contributed by atoms with Crippen molar-refractivity contribution in [2.45, 2.75) is 0 Å². The van der Waals surface area contributed by atoms with Crippen LogP contribution in [0.1, 0.15) is 9.67 Å². The molecular formula is C6H6Cl2O4S2. The Bertz CT molecular complexity index is 321. The van der Waals surface area contributed by atoms with Crippen molar-refractivity contribution in [2.24, 2.45) is 0 Å². The molecule has 1 heterocycles. The maximum atomic E-state index is 10.7. The number of methoxy groups -OCH3 is 1. The van der Waals surface area contributed by atoms with E-state index in [4.69, 9.17) is 9.32 Å². The molecule has 0 atom stereocenters. The molecule has 14 heavy (non-hydrogen) atoms. The van der Waals surface area contributed by atoms with E-state index >= 15 is 0 Å². The molecular weight excluding hydrogens is 271 g/mol. The van der Waals surface area contributed by atoms with Gasteiger partial charge in [0.1, 0.15) is 10.6 Å². The normalized spacial score (nSPS) is 9.14. The van der Waals surface area contributed by atoms with Crippen molar-refractivity contribution < 1.29 is 18.8 Å². The molecule has 0 amide bonds. The van der Waals surface area contributed by atoms with Gasteiger partial charge in [0.05, 0.1) is 7.11 Å². The van der Waals surface area contributed by atoms with Crippen LogP contribution < -0.4 is 0 Å². The van der Waals surface area contributed by atoms with Gasteiger partial charge in [0, 0.05) is 32.8 Å². The third kappa shape index (κ3) is 6.20. The fourth-order valence-electron chi connectivity index (χ4n) is 0.534. The van der Waals surface area contributed by atoms with E-state index in [0.717, 1.165) is 11.3 Å². The predicted octanol–water partition coefficient (Wildman–Crippen LogP) is 2.28. The summed E-state index contributed by atoms with van der Waals surface area (Å²) in [5.74, 6) is -0.310. The van der Waals surface area contributed by atoms with Crippen molar-refractivity contribution in [3.8, 4) is 5.75 Å². The molecule has 0 saturated carbocycles. The smallest absolute Gasteiger partial charge is 0.348 e. The van der Waals surface area contributed by atoms with Gasteiger partial charge in [0.2, 0.25) is 9.23 Å². The van der Waals surface area contributed by atoms with Gasteiger partial charge in [0.15, 0.2) is 0 Å². The van der Waals surface area contributed by atoms with Crippen molar-refractivity contribution in [1.29, 1.82) is 0 Å². The first kappa shape index (κ1) is 13.7. The molecule has 80 valence electrons. The average Bonchev–Trinajstić information content (AvgIpc) is 2.49. The zero-order valence-electron chi connectivity index (χ0n) is 6.90. The maximum Gasteiger partial charge on any atom is 0.348 e. The summed E-state index contributed by atoms with van der Waals surface area (Å²) in [6.07, 6.45) is 0. The van der Waals surface area contributed by atoms with Crippen LogP contribution >= 0.6 is 32.7 Å². The molecule has 1 aromatic rings. The zero-order chi connectivity index (χ0) is 11.1. The molecule has 0 fully saturated rings. The Morgan fingerprint density at radius 1 is 1.64 bits per heavy atom. The number of ether oxygens (including phenoxy) is 1. The quantitative estimate of drug-likeness (QED) is 0.632. The van der Waals surface area contributed by atoms with Crippen molar-refractivity contribution >= 4 is 47.9 Å². The Balaban J connectivity index is 0.000000364. The summed E-state index contributed by atoms with van der Waals surface area (Å²) in [7, 11) is 8.66. The van der Waals surface area contributed by atoms with E-state index in [1.807, 2.05) is 0 Å². The second kappa shape index (κ2) is 7.05. The van der Waals surface area contributed by atoms with Crippen LogP contribution in [0.2, 0.25) is 0 Å². The molecule has 0 aromatic carbocycles. The summed E-state index contributed by atoms with van der Waals surface area (Å²) in [6.45, 7) is 0. The number of esters is 1. The van der Waals surface area contributed by atoms with Crippen LogP contribution in [-0.4, -0.2) is 22.4 Å². The maximum absolute atomic E-state index is 10.7. The highest BCUT2D eigenvalue weighted by Gasteiger charge is 2.07. The van der Waals surface area contributed by atoms with E-state index in [1.165, 1.54) is 18.6 Å². The Labute approximate surface area is 95.9 Å². The van der Waals surface area contributed by atoms with Gasteiger partial charge >= 0.3 is 5.97 Å². The lowest BCUT2D eigenvalue weighted by Gasteiger charge is -1.90. The lowest BCUT2D eigenvalue weighted by atomic mass is 10.4. The van der Waals surface area contributed by atoms with Gasteiger partial charge in [-0.15, -0.1) is 11.3 Å². The molecule has 0 saturated heterocycles. The van der Waals surface area contributed by atoms with E-state index in [1.54, 1.807) is 0 Å². The molecule has 0 spiro atoms. The van der Waals surface area contributed by atoms with Gasteiger partial charge in [-0.25, -0.2) is 9.00 Å². The summed E-state index contributed by atoms with van der Waals surface area (Å²) in [5, 5.41) is 10.3. The standard InChI is InChI=1S/C6H6O3S.Cl2OS/c1-9-6(8)5-2-4(7)3-10-5;1-4(2)3/h2-3,7H,1H3;. The van der Waals surface area contributed by atoms with E-state index in [2.05, 4.69) is 26.1 Å². The van der Waals surface area contributed by atoms with E-state index in [0.29, 0.717) is 4.88 Å². The largest absolute Gasteiger partial charge is 0.507 e. The van der Waals surface area contributed by atoms with Gasteiger partial charge in [-0.05, 0) is 0 Å². The predicted molar refractivity (Wildman–Crippen MR) is 57.2 cm³/mol. The minimum absolute atomic E-state index is 0.102. The fraction of sp³-hybridized carbons (Fsp3) is 0.167. The van der Waals surface area contributed by atoms with Gasteiger partial charge in [-0.1, -0.05) is 0 Å². The van der Waals surface area contributed by atoms with E-state index in [-0.39, 0.29) is 5.75 Å². The number of carbonyl (C=O) groups is 1. The van der Waals surface area contributed by atoms with Gasteiger partial charge in [-0.3, -0.25) is 0 Å². The van der Waals surface area contributed by atoms with E-state index in [9.17, 15) is 4.79 Å². The zero-order valence-corrected chi connectivity index (χ0v) is 10.0. The summed E-state index contributed by atoms with van der Waals surface area (Å²) in [4.78, 5) is 11.1. The molecule has 0 aliphatic carbocycles. The highest BCUT2D eigenvalue weighted by atomic mass is 36.0. The van der Waals surface area contributed by atoms with Crippen LogP contribution in [0.4, 0.5) is 0 Å². The SMILES string of the molecule is COC(=O)c1cc(O)cs1.O=S(Cl)Cl. The van der Waals surface area contributed by atoms with Crippen LogP contribution in [0.25, 0.3) is 0 Å². The van der Waals surface area contributed by atoms with Crippen LogP contribution in [0, 0.1) is 0 Å². The number of halogens is 2. The van der Waals surface area contributed by atoms with E-state index < -0.39 is 15.2 Å². The van der Waals surface area contributed by atoms with Crippen molar-refractivity contribution in [2.75, 3.05) is 7.11 Å². The highest BCUT2D eigenvalue weighted by molar-refractivity contribution is 8.26. The molecule has 0 bridgehead atoms. The molecule has 0 unspecified atom stereocenters. The second-order valence-electron chi connectivity index (χ2n) is 1.85. The summed E-state index contributed by atoms with van der Waals surface area (Å²) in [5.41, 5.74) is 0. The van der Waals surface area contributed by atoms with Crippen molar-refractivity contribution in [3.05, 3.63) is 16.3 Å². The average molecular weight is 277 g/mol. The highest BCUT2D eigenvalue weighted by Crippen LogP contribution is 2.19. The summed E-state index contributed by atoms with van der Waals surface area (Å²) >= 11 is 1.16. The number of aromatic hydroxyl groups is 1. The fourth-order valence-corrected chi connectivity index (χ4v) is 1.22. The molecule has 1 rings (SSSR count). The van der Waals surface area contributed by atoms with Gasteiger partial charge in [-0.2, -0.15) is 0 Å². The molecule has 8 heteroatoms. The molecule has 0 aliphatic heterocycles. The lowest BCUT2D eigenvalue weighted by Crippen LogP contribution is -1.96. The van der Waals surface area contributed by atoms with Gasteiger partial charge in [0.25, 0.3) is 0 Å². The second-order valence-corrected chi connectivity index (χ2v) is 5.28. The monoisotopic (exact) mass is 276 g/mol. The number of thiophene rings is 1. The van der Waals surface area contributed by atoms with Crippen molar-refractivity contribution in [1.82, 2.24) is 0 Å². The third-order valence-electron chi connectivity index (χ3n) is 0.972. The first-order chi connectivity index (χ1) is 6.47. The number of hydrogen-bond acceptors (Lipinski definition) is 5. The number of hydrogen-bond donors (Lipinski definition) is 1. The van der Waals surface area contributed by atoms with Crippen LogP contribution in [0.5, 0.6) is 5.75 Å². The van der Waals surface area contributed by atoms with Crippen LogP contribution in [0.3, 0.4) is 0 Å². The summed E-state index contributed by atoms with van der Waals surface area (Å²) < 4.78 is 13.5. The minimum atomic E-state index is -1.67. The minimum Gasteiger partial charge on any atom is -0.507 e. The molecule has 1 N–H and O–H groups in total.